The Kier molecular flexibility index (Phi) is 8.39. The van der Waals surface area contributed by atoms with Crippen LogP contribution in [0.1, 0.15) is 104 Å². The van der Waals surface area contributed by atoms with Crippen LogP contribution in [0.2, 0.25) is 0 Å². The van der Waals surface area contributed by atoms with Crippen molar-refractivity contribution in [3.05, 3.63) is 23.8 Å². The van der Waals surface area contributed by atoms with Crippen molar-refractivity contribution < 1.29 is 24.5 Å². The molecule has 6 fully saturated rings. The molecule has 0 radical (unpaired) electrons. The lowest BCUT2D eigenvalue weighted by Crippen LogP contribution is -2.58. The van der Waals surface area contributed by atoms with Gasteiger partial charge in [0.1, 0.15) is 12.1 Å². The summed E-state index contributed by atoms with van der Waals surface area (Å²) in [5.41, 5.74) is 1.41. The standard InChI is InChI=1S/C38H57N3O5/c1-22-9-15-38(40-21-22)23(2)35-32(46-38)19-29-27-7-6-25-18-26(10-13-36(25,3)28(27)11-14-37(29,35)4)41-34(45)20-33(44)39-16-12-24-5-8-30(42)31(43)17-24/h5,8,17,22-23,25-29,32,35,40,42-43H,6-7,9-16,18-21H2,1-4H3,(H,39,44)(H,41,45)/t22-,23+,25+,26-,27-,28+,29+,32+,35+,36+,37+,38-/m1/s1. The fraction of sp³-hybridized carbons (Fsp3) is 0.789. The Morgan fingerprint density at radius 2 is 1.74 bits per heavy atom. The second kappa shape index (κ2) is 12.0. The van der Waals surface area contributed by atoms with E-state index in [4.69, 9.17) is 4.74 Å². The minimum atomic E-state index is -0.286. The van der Waals surface area contributed by atoms with Crippen molar-refractivity contribution in [2.75, 3.05) is 13.1 Å². The second-order valence-corrected chi connectivity index (χ2v) is 17.0. The highest BCUT2D eigenvalue weighted by atomic mass is 16.5. The zero-order valence-electron chi connectivity index (χ0n) is 28.4. The van der Waals surface area contributed by atoms with Gasteiger partial charge in [0.15, 0.2) is 11.5 Å². The largest absolute Gasteiger partial charge is 0.504 e. The summed E-state index contributed by atoms with van der Waals surface area (Å²) in [6, 6.07) is 4.78. The molecule has 5 N–H and O–H groups in total. The third-order valence-electron chi connectivity index (χ3n) is 14.6. The maximum atomic E-state index is 12.9. The van der Waals surface area contributed by atoms with E-state index < -0.39 is 0 Å². The number of hydrogen-bond donors (Lipinski definition) is 5. The molecule has 46 heavy (non-hydrogen) atoms. The average Bonchev–Trinajstić information content (AvgIpc) is 3.46. The maximum Gasteiger partial charge on any atom is 0.229 e. The first-order chi connectivity index (χ1) is 21.9. The molecule has 8 nitrogen and oxygen atoms in total. The predicted molar refractivity (Wildman–Crippen MR) is 177 cm³/mol. The number of amides is 2. The molecule has 0 aromatic heterocycles. The first-order valence-corrected chi connectivity index (χ1v) is 18.4. The molecule has 0 bridgehead atoms. The number of carbonyl (C=O) groups excluding carboxylic acids is 2. The maximum absolute atomic E-state index is 12.9. The van der Waals surface area contributed by atoms with Crippen LogP contribution < -0.4 is 16.0 Å². The molecular weight excluding hydrogens is 578 g/mol. The minimum absolute atomic E-state index is 0.0987. The molecule has 2 aliphatic heterocycles. The molecule has 6 aliphatic rings. The summed E-state index contributed by atoms with van der Waals surface area (Å²) in [5.74, 6) is 4.09. The number of carbonyl (C=O) groups is 2. The van der Waals surface area contributed by atoms with E-state index in [0.717, 1.165) is 61.5 Å². The van der Waals surface area contributed by atoms with Crippen LogP contribution in [-0.2, 0) is 20.7 Å². The Hall–Kier alpha value is -2.32. The van der Waals surface area contributed by atoms with Crippen LogP contribution in [0.5, 0.6) is 11.5 Å². The number of ether oxygens (including phenoxy) is 1. The third kappa shape index (κ3) is 5.43. The lowest BCUT2D eigenvalue weighted by atomic mass is 9.44. The van der Waals surface area contributed by atoms with Gasteiger partial charge in [0.2, 0.25) is 11.8 Å². The van der Waals surface area contributed by atoms with Crippen LogP contribution in [0.4, 0.5) is 0 Å². The highest BCUT2D eigenvalue weighted by Crippen LogP contribution is 2.71. The van der Waals surface area contributed by atoms with Gasteiger partial charge in [0.25, 0.3) is 0 Å². The smallest absolute Gasteiger partial charge is 0.229 e. The first kappa shape index (κ1) is 32.2. The van der Waals surface area contributed by atoms with Crippen molar-refractivity contribution >= 4 is 11.8 Å². The Balaban J connectivity index is 0.914. The van der Waals surface area contributed by atoms with E-state index in [9.17, 15) is 19.8 Å². The molecule has 1 aromatic carbocycles. The molecule has 4 aliphatic carbocycles. The van der Waals surface area contributed by atoms with Gasteiger partial charge in [-0.25, -0.2) is 0 Å². The Morgan fingerprint density at radius 3 is 2.50 bits per heavy atom. The van der Waals surface area contributed by atoms with Gasteiger partial charge in [-0.15, -0.1) is 0 Å². The van der Waals surface area contributed by atoms with E-state index >= 15 is 0 Å². The molecule has 254 valence electrons. The number of benzene rings is 1. The summed E-state index contributed by atoms with van der Waals surface area (Å²) in [7, 11) is 0. The number of fused-ring (bicyclic) bond motifs is 7. The van der Waals surface area contributed by atoms with Crippen LogP contribution in [0, 0.1) is 52.3 Å². The zero-order valence-corrected chi connectivity index (χ0v) is 28.4. The highest BCUT2D eigenvalue weighted by Gasteiger charge is 2.68. The van der Waals surface area contributed by atoms with Crippen molar-refractivity contribution in [3.8, 4) is 11.5 Å². The van der Waals surface area contributed by atoms with Crippen LogP contribution in [0.25, 0.3) is 0 Å². The monoisotopic (exact) mass is 635 g/mol. The van der Waals surface area contributed by atoms with Crippen LogP contribution in [0.15, 0.2) is 18.2 Å². The summed E-state index contributed by atoms with van der Waals surface area (Å²) >= 11 is 0. The normalized spacial score (nSPS) is 44.5. The molecule has 2 amide bonds. The van der Waals surface area contributed by atoms with Gasteiger partial charge in [-0.3, -0.25) is 14.9 Å². The molecule has 7 rings (SSSR count). The van der Waals surface area contributed by atoms with Gasteiger partial charge in [0.05, 0.1) is 6.10 Å². The fourth-order valence-corrected chi connectivity index (χ4v) is 12.1. The summed E-state index contributed by atoms with van der Waals surface area (Å²) in [6.45, 7) is 11.5. The summed E-state index contributed by atoms with van der Waals surface area (Å²) in [6.07, 6.45) is 12.8. The summed E-state index contributed by atoms with van der Waals surface area (Å²) in [5, 5.41) is 29.1. The van der Waals surface area contributed by atoms with Crippen LogP contribution >= 0.6 is 0 Å². The third-order valence-corrected chi connectivity index (χ3v) is 14.6. The van der Waals surface area contributed by atoms with Gasteiger partial charge in [-0.05, 0) is 135 Å². The lowest BCUT2D eigenvalue weighted by Gasteiger charge is -2.61. The zero-order chi connectivity index (χ0) is 32.4. The van der Waals surface area contributed by atoms with Gasteiger partial charge < -0.3 is 25.6 Å². The average molecular weight is 636 g/mol. The van der Waals surface area contributed by atoms with Crippen LogP contribution in [0.3, 0.4) is 0 Å². The number of hydrogen-bond acceptors (Lipinski definition) is 6. The predicted octanol–water partition coefficient (Wildman–Crippen LogP) is 5.65. The number of phenols is 2. The van der Waals surface area contributed by atoms with Crippen molar-refractivity contribution in [2.45, 2.75) is 123 Å². The molecule has 1 spiro atoms. The summed E-state index contributed by atoms with van der Waals surface area (Å²) < 4.78 is 7.07. The Labute approximate surface area is 275 Å². The van der Waals surface area contributed by atoms with Crippen molar-refractivity contribution in [2.24, 2.45) is 52.3 Å². The van der Waals surface area contributed by atoms with Crippen LogP contribution in [-0.4, -0.2) is 53.0 Å². The number of phenolic OH excluding ortho intramolecular Hbond substituents is 2. The van der Waals surface area contributed by atoms with E-state index in [1.54, 1.807) is 6.07 Å². The molecule has 12 atom stereocenters. The van der Waals surface area contributed by atoms with E-state index in [1.165, 1.54) is 50.7 Å². The molecule has 1 aromatic rings. The molecule has 8 heteroatoms. The molecule has 4 saturated carbocycles. The molecule has 0 unspecified atom stereocenters. The van der Waals surface area contributed by atoms with Crippen molar-refractivity contribution in [1.82, 2.24) is 16.0 Å². The molecule has 2 saturated heterocycles. The topological polar surface area (TPSA) is 120 Å². The SMILES string of the molecule is C[C@@H]1CC[C@@]2(NC1)O[C@H]1C[C@H]3[C@@H]4CC[C@H]5C[C@H](NC(=O)CC(=O)NCCc6ccc(O)c(O)c6)CC[C@]5(C)[C@H]4CC[C@]3(C)[C@H]1[C@@H]2C. The van der Waals surface area contributed by atoms with E-state index in [0.29, 0.717) is 47.7 Å². The van der Waals surface area contributed by atoms with E-state index in [-0.39, 0.29) is 41.5 Å². The summed E-state index contributed by atoms with van der Waals surface area (Å²) in [4.78, 5) is 25.3. The van der Waals surface area contributed by atoms with E-state index in [1.807, 2.05) is 0 Å². The second-order valence-electron chi connectivity index (χ2n) is 17.0. The van der Waals surface area contributed by atoms with Gasteiger partial charge in [-0.2, -0.15) is 0 Å². The molecule has 2 heterocycles. The van der Waals surface area contributed by atoms with E-state index in [2.05, 4.69) is 43.6 Å². The molecular formula is C38H57N3O5. The van der Waals surface area contributed by atoms with Crippen molar-refractivity contribution in [3.63, 3.8) is 0 Å². The van der Waals surface area contributed by atoms with Gasteiger partial charge in [0, 0.05) is 25.0 Å². The number of piperidine rings is 1. The number of nitrogens with one attached hydrogen (secondary N) is 3. The number of rotatable bonds is 6. The quantitative estimate of drug-likeness (QED) is 0.204. The Morgan fingerprint density at radius 1 is 0.935 bits per heavy atom. The fourth-order valence-electron chi connectivity index (χ4n) is 12.1. The minimum Gasteiger partial charge on any atom is -0.504 e. The van der Waals surface area contributed by atoms with Gasteiger partial charge >= 0.3 is 0 Å². The lowest BCUT2D eigenvalue weighted by molar-refractivity contribution is -0.137. The first-order valence-electron chi connectivity index (χ1n) is 18.4. The highest BCUT2D eigenvalue weighted by molar-refractivity contribution is 5.96. The van der Waals surface area contributed by atoms with Gasteiger partial charge in [-0.1, -0.05) is 33.8 Å². The van der Waals surface area contributed by atoms with Crippen molar-refractivity contribution in [1.29, 1.82) is 0 Å². The Bertz CT molecular complexity index is 1330. The number of aromatic hydroxyl groups is 2.